The van der Waals surface area contributed by atoms with Gasteiger partial charge in [0.25, 0.3) is 0 Å². The first-order chi connectivity index (χ1) is 13.8. The van der Waals surface area contributed by atoms with E-state index in [-0.39, 0.29) is 12.2 Å². The molecule has 1 aliphatic carbocycles. The summed E-state index contributed by atoms with van der Waals surface area (Å²) in [6.45, 7) is 2.32. The fraction of sp³-hybridized carbons (Fsp3) is 0.500. The van der Waals surface area contributed by atoms with Gasteiger partial charge in [0.2, 0.25) is 0 Å². The molecule has 0 aromatic heterocycles. The number of hydrogen-bond acceptors (Lipinski definition) is 1. The first-order valence-electron chi connectivity index (χ1n) is 10.4. The van der Waals surface area contributed by atoms with Gasteiger partial charge in [-0.25, -0.2) is 8.78 Å². The van der Waals surface area contributed by atoms with Crippen molar-refractivity contribution in [2.75, 3.05) is 0 Å². The summed E-state index contributed by atoms with van der Waals surface area (Å²) in [5.74, 6) is -1.04. The lowest BCUT2D eigenvalue weighted by Gasteiger charge is -2.26. The SMILES string of the molecule is CC1CCC(CCc2ccc(CCC(F)(F)Oc3ccc(F)c(F)c3)cc2)CC1. The van der Waals surface area contributed by atoms with Gasteiger partial charge in [0.15, 0.2) is 11.6 Å². The van der Waals surface area contributed by atoms with Crippen LogP contribution < -0.4 is 4.74 Å². The molecule has 0 atom stereocenters. The number of aryl methyl sites for hydroxylation is 2. The molecule has 1 saturated carbocycles. The molecule has 0 N–H and O–H groups in total. The molecule has 5 heteroatoms. The quantitative estimate of drug-likeness (QED) is 0.416. The van der Waals surface area contributed by atoms with Crippen molar-refractivity contribution in [3.05, 3.63) is 65.2 Å². The smallest absolute Gasteiger partial charge is 0.398 e. The van der Waals surface area contributed by atoms with Gasteiger partial charge in [0.05, 0.1) is 6.42 Å². The summed E-state index contributed by atoms with van der Waals surface area (Å²) in [7, 11) is 0. The van der Waals surface area contributed by atoms with Crippen LogP contribution in [-0.4, -0.2) is 6.11 Å². The van der Waals surface area contributed by atoms with Crippen molar-refractivity contribution >= 4 is 0 Å². The van der Waals surface area contributed by atoms with Gasteiger partial charge in [-0.3, -0.25) is 0 Å². The van der Waals surface area contributed by atoms with Crippen LogP contribution in [0.4, 0.5) is 17.6 Å². The molecule has 1 nitrogen and oxygen atoms in total. The van der Waals surface area contributed by atoms with E-state index in [1.54, 1.807) is 0 Å². The van der Waals surface area contributed by atoms with Gasteiger partial charge in [-0.2, -0.15) is 8.78 Å². The van der Waals surface area contributed by atoms with Gasteiger partial charge in [-0.15, -0.1) is 0 Å². The third kappa shape index (κ3) is 6.76. The van der Waals surface area contributed by atoms with E-state index in [2.05, 4.69) is 11.7 Å². The Morgan fingerprint density at radius 2 is 1.48 bits per heavy atom. The Bertz CT molecular complexity index is 780. The van der Waals surface area contributed by atoms with Crippen LogP contribution in [0.2, 0.25) is 0 Å². The number of benzene rings is 2. The molecular weight excluding hydrogens is 380 g/mol. The summed E-state index contributed by atoms with van der Waals surface area (Å²) in [6.07, 6.45) is 3.62. The molecule has 29 heavy (non-hydrogen) atoms. The Morgan fingerprint density at radius 3 is 2.10 bits per heavy atom. The fourth-order valence-electron chi connectivity index (χ4n) is 3.91. The Kier molecular flexibility index (Phi) is 7.20. The van der Waals surface area contributed by atoms with Crippen molar-refractivity contribution in [3.8, 4) is 5.75 Å². The molecule has 1 aliphatic rings. The molecule has 0 amide bonds. The number of rotatable bonds is 8. The average Bonchev–Trinajstić information content (AvgIpc) is 2.69. The van der Waals surface area contributed by atoms with Crippen LogP contribution in [-0.2, 0) is 12.8 Å². The second-order valence-corrected chi connectivity index (χ2v) is 8.30. The monoisotopic (exact) mass is 408 g/mol. The van der Waals surface area contributed by atoms with Crippen LogP contribution in [0.15, 0.2) is 42.5 Å². The standard InChI is InChI=1S/C24H28F4O/c1-17-2-4-18(5-3-17)6-7-19-8-10-20(11-9-19)14-15-24(27,28)29-21-12-13-22(25)23(26)16-21/h8-13,16-18H,2-7,14-15H2,1H3. The third-order valence-electron chi connectivity index (χ3n) is 5.86. The van der Waals surface area contributed by atoms with Crippen molar-refractivity contribution < 1.29 is 22.3 Å². The lowest BCUT2D eigenvalue weighted by atomic mass is 9.80. The van der Waals surface area contributed by atoms with Gasteiger partial charge >= 0.3 is 6.11 Å². The van der Waals surface area contributed by atoms with Crippen molar-refractivity contribution in [2.45, 2.75) is 64.4 Å². The van der Waals surface area contributed by atoms with E-state index in [0.717, 1.165) is 36.0 Å². The van der Waals surface area contributed by atoms with Crippen molar-refractivity contribution in [1.29, 1.82) is 0 Å². The summed E-state index contributed by atoms with van der Waals surface area (Å²) in [5, 5.41) is 0. The molecule has 0 bridgehead atoms. The van der Waals surface area contributed by atoms with E-state index in [1.807, 2.05) is 24.3 Å². The maximum Gasteiger partial charge on any atom is 0.398 e. The predicted molar refractivity (Wildman–Crippen MR) is 106 cm³/mol. The molecule has 0 heterocycles. The van der Waals surface area contributed by atoms with Gasteiger partial charge in [0, 0.05) is 6.07 Å². The molecule has 0 aliphatic heterocycles. The second kappa shape index (κ2) is 9.64. The Hall–Kier alpha value is -2.04. The minimum atomic E-state index is -3.46. The molecular formula is C24H28F4O. The first-order valence-corrected chi connectivity index (χ1v) is 10.4. The van der Waals surface area contributed by atoms with E-state index in [1.165, 1.54) is 37.7 Å². The number of hydrogen-bond donors (Lipinski definition) is 0. The van der Waals surface area contributed by atoms with Crippen LogP contribution in [0, 0.1) is 23.5 Å². The van der Waals surface area contributed by atoms with Gasteiger partial charge in [0.1, 0.15) is 5.75 Å². The minimum absolute atomic E-state index is 0.136. The number of halogens is 4. The van der Waals surface area contributed by atoms with E-state index in [4.69, 9.17) is 0 Å². The first kappa shape index (κ1) is 21.7. The number of ether oxygens (including phenoxy) is 1. The van der Waals surface area contributed by atoms with E-state index >= 15 is 0 Å². The van der Waals surface area contributed by atoms with Gasteiger partial charge in [-0.05, 0) is 54.4 Å². The zero-order chi connectivity index (χ0) is 20.9. The van der Waals surface area contributed by atoms with E-state index < -0.39 is 24.2 Å². The van der Waals surface area contributed by atoms with Crippen molar-refractivity contribution in [3.63, 3.8) is 0 Å². The van der Waals surface area contributed by atoms with Crippen LogP contribution in [0.25, 0.3) is 0 Å². The van der Waals surface area contributed by atoms with Crippen LogP contribution in [0.5, 0.6) is 5.75 Å². The molecule has 1 fully saturated rings. The highest BCUT2D eigenvalue weighted by molar-refractivity contribution is 5.25. The summed E-state index contributed by atoms with van der Waals surface area (Å²) >= 11 is 0. The van der Waals surface area contributed by atoms with Gasteiger partial charge < -0.3 is 4.74 Å². The topological polar surface area (TPSA) is 9.23 Å². The third-order valence-corrected chi connectivity index (χ3v) is 5.86. The maximum absolute atomic E-state index is 14.0. The highest BCUT2D eigenvalue weighted by atomic mass is 19.3. The lowest BCUT2D eigenvalue weighted by molar-refractivity contribution is -0.180. The summed E-state index contributed by atoms with van der Waals surface area (Å²) in [6, 6.07) is 10.2. The van der Waals surface area contributed by atoms with Crippen LogP contribution >= 0.6 is 0 Å². The highest BCUT2D eigenvalue weighted by Crippen LogP contribution is 2.31. The summed E-state index contributed by atoms with van der Waals surface area (Å²) < 4.78 is 58.6. The van der Waals surface area contributed by atoms with Crippen molar-refractivity contribution in [1.82, 2.24) is 0 Å². The van der Waals surface area contributed by atoms with Crippen molar-refractivity contribution in [2.24, 2.45) is 11.8 Å². The number of alkyl halides is 2. The van der Waals surface area contributed by atoms with Crippen LogP contribution in [0.3, 0.4) is 0 Å². The van der Waals surface area contributed by atoms with E-state index in [0.29, 0.717) is 6.07 Å². The fourth-order valence-corrected chi connectivity index (χ4v) is 3.91. The predicted octanol–water partition coefficient (Wildman–Crippen LogP) is 7.33. The zero-order valence-electron chi connectivity index (χ0n) is 16.8. The molecule has 0 unspecified atom stereocenters. The molecule has 0 spiro atoms. The van der Waals surface area contributed by atoms with E-state index in [9.17, 15) is 17.6 Å². The Labute approximate surface area is 170 Å². The lowest BCUT2D eigenvalue weighted by Crippen LogP contribution is -2.25. The minimum Gasteiger partial charge on any atom is -0.432 e. The maximum atomic E-state index is 14.0. The van der Waals surface area contributed by atoms with Gasteiger partial charge in [-0.1, -0.05) is 56.9 Å². The largest absolute Gasteiger partial charge is 0.432 e. The van der Waals surface area contributed by atoms with Crippen LogP contribution in [0.1, 0.15) is 56.6 Å². The Morgan fingerprint density at radius 1 is 0.862 bits per heavy atom. The Balaban J connectivity index is 1.45. The average molecular weight is 408 g/mol. The molecule has 2 aromatic rings. The summed E-state index contributed by atoms with van der Waals surface area (Å²) in [4.78, 5) is 0. The molecule has 2 aromatic carbocycles. The molecule has 0 saturated heterocycles. The zero-order valence-corrected chi connectivity index (χ0v) is 16.8. The summed E-state index contributed by atoms with van der Waals surface area (Å²) in [5.41, 5.74) is 2.03. The second-order valence-electron chi connectivity index (χ2n) is 8.30. The molecule has 3 rings (SSSR count). The molecule has 0 radical (unpaired) electrons. The highest BCUT2D eigenvalue weighted by Gasteiger charge is 2.31. The molecule has 158 valence electrons. The normalized spacial score (nSPS) is 19.9.